The molecule has 0 aliphatic heterocycles. The first kappa shape index (κ1) is 16.2. The lowest BCUT2D eigenvalue weighted by Gasteiger charge is -2.12. The maximum atomic E-state index is 12.6. The molecule has 2 fully saturated rings. The standard InChI is InChI=1S/C20H25N3O2/c1-25-16-9-5-4-8-15(16)19-20(18(22-23-19)14-10-11-14)21-17(24)12-13-6-2-3-7-13/h4-5,8-9,13-14H,2-3,6-7,10-12H2,1H3,(H,21,24)(H,22,23). The number of aromatic amines is 1. The number of H-pyrrole nitrogens is 1. The molecule has 5 heteroatoms. The fraction of sp³-hybridized carbons (Fsp3) is 0.500. The number of rotatable bonds is 6. The minimum atomic E-state index is 0.103. The molecule has 0 saturated heterocycles. The van der Waals surface area contributed by atoms with Crippen molar-refractivity contribution in [3.63, 3.8) is 0 Å². The highest BCUT2D eigenvalue weighted by Gasteiger charge is 2.31. The fourth-order valence-electron chi connectivity index (χ4n) is 3.85. The third-order valence-electron chi connectivity index (χ3n) is 5.36. The molecule has 1 amide bonds. The molecule has 2 aliphatic rings. The molecule has 2 aromatic rings. The average molecular weight is 339 g/mol. The summed E-state index contributed by atoms with van der Waals surface area (Å²) in [5.41, 5.74) is 3.58. The fourth-order valence-corrected chi connectivity index (χ4v) is 3.85. The normalized spacial score (nSPS) is 17.6. The number of nitrogens with zero attached hydrogens (tertiary/aromatic N) is 1. The number of anilines is 1. The molecular formula is C20H25N3O2. The van der Waals surface area contributed by atoms with Gasteiger partial charge >= 0.3 is 0 Å². The van der Waals surface area contributed by atoms with Crippen LogP contribution >= 0.6 is 0 Å². The third kappa shape index (κ3) is 3.41. The van der Waals surface area contributed by atoms with Crippen LogP contribution in [0.2, 0.25) is 0 Å². The lowest BCUT2D eigenvalue weighted by atomic mass is 10.0. The number of para-hydroxylation sites is 1. The zero-order valence-electron chi connectivity index (χ0n) is 14.7. The van der Waals surface area contributed by atoms with Gasteiger partial charge in [0.05, 0.1) is 18.5 Å². The Labute approximate surface area is 148 Å². The minimum Gasteiger partial charge on any atom is -0.496 e. The lowest BCUT2D eigenvalue weighted by molar-refractivity contribution is -0.117. The average Bonchev–Trinajstić information content (AvgIpc) is 3.19. The van der Waals surface area contributed by atoms with Crippen LogP contribution in [0.15, 0.2) is 24.3 Å². The molecule has 2 saturated carbocycles. The summed E-state index contributed by atoms with van der Waals surface area (Å²) in [6, 6.07) is 7.81. The molecule has 2 aliphatic carbocycles. The van der Waals surface area contributed by atoms with Crippen LogP contribution in [0.25, 0.3) is 11.3 Å². The van der Waals surface area contributed by atoms with Gasteiger partial charge in [0.2, 0.25) is 5.91 Å². The van der Waals surface area contributed by atoms with Crippen molar-refractivity contribution in [2.45, 2.75) is 50.9 Å². The van der Waals surface area contributed by atoms with Crippen LogP contribution in [0, 0.1) is 5.92 Å². The summed E-state index contributed by atoms with van der Waals surface area (Å²) in [7, 11) is 1.66. The quantitative estimate of drug-likeness (QED) is 0.815. The first-order valence-electron chi connectivity index (χ1n) is 9.27. The molecule has 0 unspecified atom stereocenters. The van der Waals surface area contributed by atoms with Crippen molar-refractivity contribution in [3.05, 3.63) is 30.0 Å². The number of hydrogen-bond acceptors (Lipinski definition) is 3. The highest BCUT2D eigenvalue weighted by atomic mass is 16.5. The molecule has 0 bridgehead atoms. The Balaban J connectivity index is 1.63. The summed E-state index contributed by atoms with van der Waals surface area (Å²) >= 11 is 0. The van der Waals surface area contributed by atoms with Crippen molar-refractivity contribution < 1.29 is 9.53 Å². The number of ether oxygens (including phenoxy) is 1. The van der Waals surface area contributed by atoms with Crippen LogP contribution in [0.4, 0.5) is 5.69 Å². The van der Waals surface area contributed by atoms with E-state index in [1.165, 1.54) is 25.7 Å². The van der Waals surface area contributed by atoms with Crippen molar-refractivity contribution in [2.75, 3.05) is 12.4 Å². The number of nitrogens with one attached hydrogen (secondary N) is 2. The number of amides is 1. The molecule has 5 nitrogen and oxygen atoms in total. The van der Waals surface area contributed by atoms with E-state index < -0.39 is 0 Å². The van der Waals surface area contributed by atoms with Crippen LogP contribution in [-0.4, -0.2) is 23.2 Å². The van der Waals surface area contributed by atoms with E-state index in [0.29, 0.717) is 18.3 Å². The first-order chi connectivity index (χ1) is 12.3. The second-order valence-electron chi connectivity index (χ2n) is 7.24. The Hall–Kier alpha value is -2.30. The van der Waals surface area contributed by atoms with Crippen LogP contribution in [-0.2, 0) is 4.79 Å². The summed E-state index contributed by atoms with van der Waals surface area (Å²) in [4.78, 5) is 12.6. The van der Waals surface area contributed by atoms with E-state index in [0.717, 1.165) is 41.2 Å². The molecule has 2 N–H and O–H groups in total. The van der Waals surface area contributed by atoms with Gasteiger partial charge in [0.15, 0.2) is 0 Å². The zero-order chi connectivity index (χ0) is 17.2. The molecule has 25 heavy (non-hydrogen) atoms. The second-order valence-corrected chi connectivity index (χ2v) is 7.24. The number of benzene rings is 1. The van der Waals surface area contributed by atoms with E-state index in [4.69, 9.17) is 4.74 Å². The van der Waals surface area contributed by atoms with Gasteiger partial charge in [-0.1, -0.05) is 25.0 Å². The van der Waals surface area contributed by atoms with Gasteiger partial charge < -0.3 is 10.1 Å². The van der Waals surface area contributed by atoms with E-state index in [-0.39, 0.29) is 5.91 Å². The Morgan fingerprint density at radius 3 is 2.72 bits per heavy atom. The van der Waals surface area contributed by atoms with E-state index >= 15 is 0 Å². The molecule has 1 aromatic carbocycles. The number of hydrogen-bond donors (Lipinski definition) is 2. The summed E-state index contributed by atoms with van der Waals surface area (Å²) in [5.74, 6) is 1.89. The van der Waals surface area contributed by atoms with Gasteiger partial charge in [0.1, 0.15) is 11.4 Å². The lowest BCUT2D eigenvalue weighted by Crippen LogP contribution is -2.16. The Kier molecular flexibility index (Phi) is 4.47. The molecule has 132 valence electrons. The first-order valence-corrected chi connectivity index (χ1v) is 9.27. The Morgan fingerprint density at radius 2 is 2.00 bits per heavy atom. The maximum absolute atomic E-state index is 12.6. The van der Waals surface area contributed by atoms with Gasteiger partial charge in [-0.2, -0.15) is 5.10 Å². The molecule has 0 radical (unpaired) electrons. The van der Waals surface area contributed by atoms with Crippen molar-refractivity contribution in [3.8, 4) is 17.0 Å². The van der Waals surface area contributed by atoms with Crippen LogP contribution in [0.5, 0.6) is 5.75 Å². The van der Waals surface area contributed by atoms with Crippen molar-refractivity contribution >= 4 is 11.6 Å². The monoisotopic (exact) mass is 339 g/mol. The molecule has 1 heterocycles. The van der Waals surface area contributed by atoms with Gasteiger partial charge in [-0.3, -0.25) is 9.89 Å². The van der Waals surface area contributed by atoms with Crippen molar-refractivity contribution in [2.24, 2.45) is 5.92 Å². The summed E-state index contributed by atoms with van der Waals surface area (Å²) in [5, 5.41) is 10.9. The van der Waals surface area contributed by atoms with Crippen LogP contribution in [0.3, 0.4) is 0 Å². The predicted octanol–water partition coefficient (Wildman–Crippen LogP) is 4.48. The van der Waals surface area contributed by atoms with Crippen LogP contribution in [0.1, 0.15) is 56.6 Å². The Morgan fingerprint density at radius 1 is 1.24 bits per heavy atom. The van der Waals surface area contributed by atoms with Crippen molar-refractivity contribution in [1.82, 2.24) is 10.2 Å². The van der Waals surface area contributed by atoms with E-state index in [1.54, 1.807) is 7.11 Å². The van der Waals surface area contributed by atoms with Gasteiger partial charge in [-0.25, -0.2) is 0 Å². The number of aromatic nitrogens is 2. The molecule has 0 spiro atoms. The summed E-state index contributed by atoms with van der Waals surface area (Å²) in [6.07, 6.45) is 7.77. The summed E-state index contributed by atoms with van der Waals surface area (Å²) < 4.78 is 5.49. The summed E-state index contributed by atoms with van der Waals surface area (Å²) in [6.45, 7) is 0. The SMILES string of the molecule is COc1ccccc1-c1n[nH]c(C2CC2)c1NC(=O)CC1CCCC1. The maximum Gasteiger partial charge on any atom is 0.224 e. The third-order valence-corrected chi connectivity index (χ3v) is 5.36. The molecule has 1 aromatic heterocycles. The van der Waals surface area contributed by atoms with E-state index in [2.05, 4.69) is 15.5 Å². The van der Waals surface area contributed by atoms with E-state index in [1.807, 2.05) is 24.3 Å². The number of carbonyl (C=O) groups is 1. The number of carbonyl (C=O) groups excluding carboxylic acids is 1. The highest BCUT2D eigenvalue weighted by Crippen LogP contribution is 2.46. The van der Waals surface area contributed by atoms with Gasteiger partial charge in [-0.15, -0.1) is 0 Å². The smallest absolute Gasteiger partial charge is 0.224 e. The van der Waals surface area contributed by atoms with Gasteiger partial charge in [0, 0.05) is 17.9 Å². The van der Waals surface area contributed by atoms with Crippen molar-refractivity contribution in [1.29, 1.82) is 0 Å². The minimum absolute atomic E-state index is 0.103. The van der Waals surface area contributed by atoms with Gasteiger partial charge in [-0.05, 0) is 43.7 Å². The van der Waals surface area contributed by atoms with Gasteiger partial charge in [0.25, 0.3) is 0 Å². The number of methoxy groups -OCH3 is 1. The van der Waals surface area contributed by atoms with Crippen LogP contribution < -0.4 is 10.1 Å². The predicted molar refractivity (Wildman–Crippen MR) is 97.8 cm³/mol. The van der Waals surface area contributed by atoms with E-state index in [9.17, 15) is 4.79 Å². The second kappa shape index (κ2) is 6.90. The Bertz CT molecular complexity index is 758. The zero-order valence-corrected chi connectivity index (χ0v) is 14.7. The molecular weight excluding hydrogens is 314 g/mol. The largest absolute Gasteiger partial charge is 0.496 e. The highest BCUT2D eigenvalue weighted by molar-refractivity contribution is 5.96. The molecule has 0 atom stereocenters. The topological polar surface area (TPSA) is 67.0 Å². The molecule has 4 rings (SSSR count).